The van der Waals surface area contributed by atoms with Gasteiger partial charge in [0.2, 0.25) is 0 Å². The minimum Gasteiger partial charge on any atom is -0.491 e. The quantitative estimate of drug-likeness (QED) is 0.618. The number of ether oxygens (including phenoxy) is 1. The molecule has 0 saturated carbocycles. The molecule has 4 nitrogen and oxygen atoms in total. The molecule has 0 radical (unpaired) electrons. The van der Waals surface area contributed by atoms with Gasteiger partial charge in [-0.3, -0.25) is 4.99 Å². The smallest absolute Gasteiger partial charge is 0.190 e. The SMILES string of the molecule is CCOc1ccc(CNC(=NC)NC)cc1F. The van der Waals surface area contributed by atoms with Gasteiger partial charge in [-0.2, -0.15) is 0 Å². The third-order valence-electron chi connectivity index (χ3n) is 2.22. The van der Waals surface area contributed by atoms with E-state index in [1.54, 1.807) is 20.2 Å². The number of benzene rings is 1. The van der Waals surface area contributed by atoms with Crippen molar-refractivity contribution in [1.82, 2.24) is 10.6 Å². The first-order valence-electron chi connectivity index (χ1n) is 5.50. The Kier molecular flexibility index (Phi) is 5.26. The number of halogens is 1. The Labute approximate surface area is 101 Å². The summed E-state index contributed by atoms with van der Waals surface area (Å²) in [7, 11) is 3.45. The van der Waals surface area contributed by atoms with Gasteiger partial charge in [-0.05, 0) is 24.6 Å². The summed E-state index contributed by atoms with van der Waals surface area (Å²) in [5.41, 5.74) is 0.836. The summed E-state index contributed by atoms with van der Waals surface area (Å²) in [4.78, 5) is 3.97. The summed E-state index contributed by atoms with van der Waals surface area (Å²) in [5.74, 6) is 0.610. The molecule has 0 unspecified atom stereocenters. The van der Waals surface area contributed by atoms with Crippen molar-refractivity contribution in [2.24, 2.45) is 4.99 Å². The van der Waals surface area contributed by atoms with E-state index in [1.807, 2.05) is 13.0 Å². The number of rotatable bonds is 4. The van der Waals surface area contributed by atoms with E-state index in [-0.39, 0.29) is 11.6 Å². The zero-order valence-corrected chi connectivity index (χ0v) is 10.4. The molecule has 0 aromatic heterocycles. The Bertz CT molecular complexity index is 393. The van der Waals surface area contributed by atoms with Crippen molar-refractivity contribution in [3.63, 3.8) is 0 Å². The van der Waals surface area contributed by atoms with Crippen LogP contribution in [0, 0.1) is 5.82 Å². The Morgan fingerprint density at radius 3 is 2.76 bits per heavy atom. The first-order valence-corrected chi connectivity index (χ1v) is 5.50. The lowest BCUT2D eigenvalue weighted by Gasteiger charge is -2.10. The summed E-state index contributed by atoms with van der Waals surface area (Å²) in [6.45, 7) is 2.80. The fourth-order valence-electron chi connectivity index (χ4n) is 1.39. The molecule has 0 aliphatic carbocycles. The van der Waals surface area contributed by atoms with Crippen molar-refractivity contribution < 1.29 is 9.13 Å². The Balaban J connectivity index is 2.64. The van der Waals surface area contributed by atoms with E-state index in [1.165, 1.54) is 6.07 Å². The van der Waals surface area contributed by atoms with Gasteiger partial charge in [0, 0.05) is 20.6 Å². The first-order chi connectivity index (χ1) is 8.21. The molecule has 0 heterocycles. The summed E-state index contributed by atoms with van der Waals surface area (Å²) in [6.07, 6.45) is 0. The van der Waals surface area contributed by atoms with Crippen molar-refractivity contribution >= 4 is 5.96 Å². The number of nitrogens with one attached hydrogen (secondary N) is 2. The summed E-state index contributed by atoms with van der Waals surface area (Å²) in [6, 6.07) is 4.92. The van der Waals surface area contributed by atoms with Crippen LogP contribution in [0.4, 0.5) is 4.39 Å². The van der Waals surface area contributed by atoms with E-state index in [4.69, 9.17) is 4.74 Å². The van der Waals surface area contributed by atoms with Gasteiger partial charge in [0.25, 0.3) is 0 Å². The van der Waals surface area contributed by atoms with Crippen LogP contribution in [0.5, 0.6) is 5.75 Å². The van der Waals surface area contributed by atoms with E-state index >= 15 is 0 Å². The Morgan fingerprint density at radius 1 is 1.47 bits per heavy atom. The van der Waals surface area contributed by atoms with Gasteiger partial charge in [-0.25, -0.2) is 4.39 Å². The van der Waals surface area contributed by atoms with Gasteiger partial charge in [0.15, 0.2) is 17.5 Å². The molecule has 0 aliphatic rings. The fraction of sp³-hybridized carbons (Fsp3) is 0.417. The largest absolute Gasteiger partial charge is 0.491 e. The van der Waals surface area contributed by atoms with Crippen LogP contribution in [0.15, 0.2) is 23.2 Å². The van der Waals surface area contributed by atoms with E-state index in [0.29, 0.717) is 19.1 Å². The topological polar surface area (TPSA) is 45.6 Å². The molecule has 94 valence electrons. The Morgan fingerprint density at radius 2 is 2.24 bits per heavy atom. The second-order valence-electron chi connectivity index (χ2n) is 3.37. The minimum atomic E-state index is -0.342. The highest BCUT2D eigenvalue weighted by atomic mass is 19.1. The molecule has 0 saturated heterocycles. The fourth-order valence-corrected chi connectivity index (χ4v) is 1.39. The zero-order valence-electron chi connectivity index (χ0n) is 10.4. The third-order valence-corrected chi connectivity index (χ3v) is 2.22. The maximum atomic E-state index is 13.5. The van der Waals surface area contributed by atoms with Gasteiger partial charge in [0.1, 0.15) is 0 Å². The van der Waals surface area contributed by atoms with Crippen LogP contribution in [0.25, 0.3) is 0 Å². The van der Waals surface area contributed by atoms with Crippen LogP contribution in [0.2, 0.25) is 0 Å². The van der Waals surface area contributed by atoms with Crippen LogP contribution in [-0.2, 0) is 6.54 Å². The molecule has 2 N–H and O–H groups in total. The van der Waals surface area contributed by atoms with Gasteiger partial charge < -0.3 is 15.4 Å². The van der Waals surface area contributed by atoms with E-state index in [9.17, 15) is 4.39 Å². The average molecular weight is 239 g/mol. The van der Waals surface area contributed by atoms with Gasteiger partial charge in [-0.15, -0.1) is 0 Å². The molecular weight excluding hydrogens is 221 g/mol. The van der Waals surface area contributed by atoms with E-state index < -0.39 is 0 Å². The number of hydrogen-bond donors (Lipinski definition) is 2. The van der Waals surface area contributed by atoms with Crippen LogP contribution < -0.4 is 15.4 Å². The van der Waals surface area contributed by atoms with Crippen molar-refractivity contribution in [1.29, 1.82) is 0 Å². The Hall–Kier alpha value is -1.78. The number of nitrogens with zero attached hydrogens (tertiary/aromatic N) is 1. The zero-order chi connectivity index (χ0) is 12.7. The molecule has 17 heavy (non-hydrogen) atoms. The molecule has 1 rings (SSSR count). The molecule has 0 aliphatic heterocycles. The molecule has 1 aromatic rings. The second-order valence-corrected chi connectivity index (χ2v) is 3.37. The molecule has 1 aromatic carbocycles. The van der Waals surface area contributed by atoms with E-state index in [0.717, 1.165) is 5.56 Å². The molecule has 0 spiro atoms. The predicted molar refractivity (Wildman–Crippen MR) is 66.8 cm³/mol. The van der Waals surface area contributed by atoms with Gasteiger partial charge >= 0.3 is 0 Å². The average Bonchev–Trinajstić information content (AvgIpc) is 2.34. The normalized spacial score (nSPS) is 11.2. The van der Waals surface area contributed by atoms with Crippen molar-refractivity contribution in [2.45, 2.75) is 13.5 Å². The van der Waals surface area contributed by atoms with Crippen molar-refractivity contribution in [2.75, 3.05) is 20.7 Å². The van der Waals surface area contributed by atoms with Crippen molar-refractivity contribution in [3.8, 4) is 5.75 Å². The first kappa shape index (κ1) is 13.3. The maximum Gasteiger partial charge on any atom is 0.190 e. The van der Waals surface area contributed by atoms with Crippen LogP contribution >= 0.6 is 0 Å². The predicted octanol–water partition coefficient (Wildman–Crippen LogP) is 1.52. The highest BCUT2D eigenvalue weighted by Crippen LogP contribution is 2.18. The highest BCUT2D eigenvalue weighted by molar-refractivity contribution is 5.79. The summed E-state index contributed by atoms with van der Waals surface area (Å²) in [5, 5.41) is 5.93. The molecule has 0 fully saturated rings. The van der Waals surface area contributed by atoms with E-state index in [2.05, 4.69) is 15.6 Å². The van der Waals surface area contributed by atoms with Crippen LogP contribution in [0.1, 0.15) is 12.5 Å². The van der Waals surface area contributed by atoms with Crippen LogP contribution in [0.3, 0.4) is 0 Å². The minimum absolute atomic E-state index is 0.286. The second kappa shape index (κ2) is 6.73. The molecule has 0 bridgehead atoms. The lowest BCUT2D eigenvalue weighted by atomic mass is 10.2. The molecule has 5 heteroatoms. The van der Waals surface area contributed by atoms with Crippen LogP contribution in [-0.4, -0.2) is 26.7 Å². The monoisotopic (exact) mass is 239 g/mol. The summed E-state index contributed by atoms with van der Waals surface area (Å²) >= 11 is 0. The van der Waals surface area contributed by atoms with Gasteiger partial charge in [0.05, 0.1) is 6.61 Å². The highest BCUT2D eigenvalue weighted by Gasteiger charge is 2.04. The molecular formula is C12H18FN3O. The lowest BCUT2D eigenvalue weighted by Crippen LogP contribution is -2.34. The lowest BCUT2D eigenvalue weighted by molar-refractivity contribution is 0.321. The molecule has 0 amide bonds. The third kappa shape index (κ3) is 3.94. The number of hydrogen-bond acceptors (Lipinski definition) is 2. The summed E-state index contributed by atoms with van der Waals surface area (Å²) < 4.78 is 18.7. The standard InChI is InChI=1S/C12H18FN3O/c1-4-17-11-6-5-9(7-10(11)13)8-16-12(14-2)15-3/h5-7H,4,8H2,1-3H3,(H2,14,15,16). The van der Waals surface area contributed by atoms with Crippen molar-refractivity contribution in [3.05, 3.63) is 29.6 Å². The maximum absolute atomic E-state index is 13.5. The van der Waals surface area contributed by atoms with Gasteiger partial charge in [-0.1, -0.05) is 6.07 Å². The number of aliphatic imine (C=N–C) groups is 1. The number of guanidine groups is 1. The molecule has 0 atom stereocenters.